The number of carbonyl (C=O) groups excluding carboxylic acids is 1. The maximum atomic E-state index is 12.3. The average Bonchev–Trinajstić information content (AvgIpc) is 2.97. The number of nitrogens with zero attached hydrogens (tertiary/aromatic N) is 1. The number of amides is 2. The van der Waals surface area contributed by atoms with Crippen molar-refractivity contribution in [2.75, 3.05) is 6.54 Å². The van der Waals surface area contributed by atoms with E-state index in [1.54, 1.807) is 0 Å². The second kappa shape index (κ2) is 7.11. The van der Waals surface area contributed by atoms with Gasteiger partial charge in [0.05, 0.1) is 0 Å². The molecule has 0 heterocycles. The molecule has 0 atom stereocenters. The van der Waals surface area contributed by atoms with E-state index in [0.29, 0.717) is 6.54 Å². The van der Waals surface area contributed by atoms with Gasteiger partial charge in [-0.3, -0.25) is 4.79 Å². The number of rotatable bonds is 5. The van der Waals surface area contributed by atoms with Crippen LogP contribution >= 0.6 is 0 Å². The zero-order valence-electron chi connectivity index (χ0n) is 12.3. The molecule has 1 aliphatic carbocycles. The first-order valence-electron chi connectivity index (χ1n) is 7.38. The Morgan fingerprint density at radius 1 is 1.24 bits per heavy atom. The molecule has 1 aromatic rings. The number of benzene rings is 1. The molecule has 0 aliphatic heterocycles. The Morgan fingerprint density at radius 2 is 1.86 bits per heavy atom. The summed E-state index contributed by atoms with van der Waals surface area (Å²) in [5.41, 5.74) is 2.18. The molecular formula is C16H22N2O3. The Kier molecular flexibility index (Phi) is 5.20. The number of carbonyl (C=O) groups is 2. The van der Waals surface area contributed by atoms with E-state index in [1.807, 2.05) is 31.2 Å². The molecule has 2 amide bonds. The van der Waals surface area contributed by atoms with E-state index < -0.39 is 5.97 Å². The number of aryl methyl sites for hydroxylation is 1. The Labute approximate surface area is 125 Å². The molecule has 0 radical (unpaired) electrons. The smallest absolute Gasteiger partial charge is 0.323 e. The summed E-state index contributed by atoms with van der Waals surface area (Å²) in [6.45, 7) is 2.20. The van der Waals surface area contributed by atoms with E-state index in [9.17, 15) is 9.59 Å². The van der Waals surface area contributed by atoms with Crippen molar-refractivity contribution >= 4 is 12.0 Å². The van der Waals surface area contributed by atoms with Crippen molar-refractivity contribution in [2.24, 2.45) is 0 Å². The van der Waals surface area contributed by atoms with Crippen LogP contribution < -0.4 is 5.32 Å². The van der Waals surface area contributed by atoms with Gasteiger partial charge in [-0.2, -0.15) is 0 Å². The Morgan fingerprint density at radius 3 is 2.43 bits per heavy atom. The molecule has 1 aliphatic rings. The highest BCUT2D eigenvalue weighted by molar-refractivity contribution is 5.80. The number of carboxylic acid groups (broad SMARTS) is 1. The van der Waals surface area contributed by atoms with E-state index in [2.05, 4.69) is 5.32 Å². The lowest BCUT2D eigenvalue weighted by atomic mass is 10.1. The number of urea groups is 1. The molecule has 114 valence electrons. The first-order chi connectivity index (χ1) is 10.1. The number of carboxylic acids is 1. The fourth-order valence-corrected chi connectivity index (χ4v) is 2.71. The highest BCUT2D eigenvalue weighted by atomic mass is 16.4. The monoisotopic (exact) mass is 290 g/mol. The lowest BCUT2D eigenvalue weighted by Gasteiger charge is -2.27. The second-order valence-electron chi connectivity index (χ2n) is 5.60. The largest absolute Gasteiger partial charge is 0.480 e. The summed E-state index contributed by atoms with van der Waals surface area (Å²) in [5.74, 6) is -0.965. The number of nitrogens with one attached hydrogen (secondary N) is 1. The van der Waals surface area contributed by atoms with Crippen LogP contribution in [-0.2, 0) is 11.3 Å². The number of hydrogen-bond donors (Lipinski definition) is 2. The summed E-state index contributed by atoms with van der Waals surface area (Å²) < 4.78 is 0. The van der Waals surface area contributed by atoms with Crippen molar-refractivity contribution in [1.82, 2.24) is 10.2 Å². The Bertz CT molecular complexity index is 493. The van der Waals surface area contributed by atoms with E-state index in [0.717, 1.165) is 31.2 Å². The lowest BCUT2D eigenvalue weighted by molar-refractivity contribution is -0.138. The SMILES string of the molecule is Cc1ccc(CNC(=O)N(CC(=O)O)C2CCCC2)cc1. The summed E-state index contributed by atoms with van der Waals surface area (Å²) in [7, 11) is 0. The van der Waals surface area contributed by atoms with Gasteiger partial charge in [-0.1, -0.05) is 42.7 Å². The van der Waals surface area contributed by atoms with E-state index >= 15 is 0 Å². The lowest BCUT2D eigenvalue weighted by Crippen LogP contribution is -2.47. The molecule has 1 aromatic carbocycles. The van der Waals surface area contributed by atoms with Gasteiger partial charge in [-0.25, -0.2) is 4.79 Å². The summed E-state index contributed by atoms with van der Waals surface area (Å²) in [6, 6.07) is 7.68. The fraction of sp³-hybridized carbons (Fsp3) is 0.500. The minimum Gasteiger partial charge on any atom is -0.480 e. The molecule has 1 fully saturated rings. The summed E-state index contributed by atoms with van der Waals surface area (Å²) >= 11 is 0. The normalized spacial score (nSPS) is 14.9. The number of aliphatic carboxylic acids is 1. The first-order valence-corrected chi connectivity index (χ1v) is 7.38. The van der Waals surface area contributed by atoms with Crippen molar-refractivity contribution in [3.63, 3.8) is 0 Å². The van der Waals surface area contributed by atoms with Crippen LogP contribution in [0.15, 0.2) is 24.3 Å². The zero-order valence-corrected chi connectivity index (χ0v) is 12.3. The highest BCUT2D eigenvalue weighted by Crippen LogP contribution is 2.23. The average molecular weight is 290 g/mol. The maximum Gasteiger partial charge on any atom is 0.323 e. The van der Waals surface area contributed by atoms with Gasteiger partial charge in [0.2, 0.25) is 0 Å². The Hall–Kier alpha value is -2.04. The third-order valence-electron chi connectivity index (χ3n) is 3.90. The van der Waals surface area contributed by atoms with Gasteiger partial charge in [0.1, 0.15) is 6.54 Å². The van der Waals surface area contributed by atoms with Crippen LogP contribution in [0.1, 0.15) is 36.8 Å². The van der Waals surface area contributed by atoms with Gasteiger partial charge in [-0.05, 0) is 25.3 Å². The molecule has 0 spiro atoms. The highest BCUT2D eigenvalue weighted by Gasteiger charge is 2.28. The van der Waals surface area contributed by atoms with Crippen LogP contribution in [0.3, 0.4) is 0 Å². The summed E-state index contributed by atoms with van der Waals surface area (Å²) in [5, 5.41) is 11.8. The molecule has 0 saturated heterocycles. The van der Waals surface area contributed by atoms with Crippen molar-refractivity contribution in [3.05, 3.63) is 35.4 Å². The minimum absolute atomic E-state index is 0.0547. The van der Waals surface area contributed by atoms with Crippen LogP contribution in [0.4, 0.5) is 4.79 Å². The quantitative estimate of drug-likeness (QED) is 0.875. The molecule has 0 aromatic heterocycles. The van der Waals surface area contributed by atoms with Gasteiger partial charge in [0.15, 0.2) is 0 Å². The zero-order chi connectivity index (χ0) is 15.2. The molecule has 2 rings (SSSR count). The Balaban J connectivity index is 1.94. The predicted molar refractivity (Wildman–Crippen MR) is 80.0 cm³/mol. The van der Waals surface area contributed by atoms with Gasteiger partial charge in [0, 0.05) is 12.6 Å². The molecule has 5 nitrogen and oxygen atoms in total. The first kappa shape index (κ1) is 15.4. The topological polar surface area (TPSA) is 69.6 Å². The van der Waals surface area contributed by atoms with Crippen molar-refractivity contribution in [1.29, 1.82) is 0 Å². The van der Waals surface area contributed by atoms with Crippen LogP contribution in [-0.4, -0.2) is 34.6 Å². The van der Waals surface area contributed by atoms with Gasteiger partial charge >= 0.3 is 12.0 Å². The summed E-state index contributed by atoms with van der Waals surface area (Å²) in [6.07, 6.45) is 3.91. The molecule has 0 bridgehead atoms. The van der Waals surface area contributed by atoms with E-state index in [1.165, 1.54) is 10.5 Å². The number of hydrogen-bond acceptors (Lipinski definition) is 2. The molecule has 1 saturated carbocycles. The summed E-state index contributed by atoms with van der Waals surface area (Å²) in [4.78, 5) is 24.7. The van der Waals surface area contributed by atoms with Gasteiger partial charge in [-0.15, -0.1) is 0 Å². The predicted octanol–water partition coefficient (Wildman–Crippen LogP) is 2.53. The van der Waals surface area contributed by atoms with E-state index in [-0.39, 0.29) is 18.6 Å². The van der Waals surface area contributed by atoms with Crippen LogP contribution in [0.2, 0.25) is 0 Å². The third kappa shape index (κ3) is 4.48. The van der Waals surface area contributed by atoms with Crippen molar-refractivity contribution in [2.45, 2.75) is 45.2 Å². The molecule has 0 unspecified atom stereocenters. The maximum absolute atomic E-state index is 12.3. The van der Waals surface area contributed by atoms with Gasteiger partial charge in [0.25, 0.3) is 0 Å². The molecule has 5 heteroatoms. The standard InChI is InChI=1S/C16H22N2O3/c1-12-6-8-13(9-7-12)10-17-16(21)18(11-15(19)20)14-4-2-3-5-14/h6-9,14H,2-5,10-11H2,1H3,(H,17,21)(H,19,20). The third-order valence-corrected chi connectivity index (χ3v) is 3.90. The molecule has 21 heavy (non-hydrogen) atoms. The molecular weight excluding hydrogens is 268 g/mol. The minimum atomic E-state index is -0.965. The van der Waals surface area contributed by atoms with Crippen molar-refractivity contribution in [3.8, 4) is 0 Å². The fourth-order valence-electron chi connectivity index (χ4n) is 2.71. The second-order valence-corrected chi connectivity index (χ2v) is 5.60. The van der Waals surface area contributed by atoms with Crippen molar-refractivity contribution < 1.29 is 14.7 Å². The van der Waals surface area contributed by atoms with Crippen LogP contribution in [0, 0.1) is 6.92 Å². The van der Waals surface area contributed by atoms with E-state index in [4.69, 9.17) is 5.11 Å². The van der Waals surface area contributed by atoms with Crippen LogP contribution in [0.5, 0.6) is 0 Å². The van der Waals surface area contributed by atoms with Gasteiger partial charge < -0.3 is 15.3 Å². The molecule has 2 N–H and O–H groups in total. The van der Waals surface area contributed by atoms with Crippen LogP contribution in [0.25, 0.3) is 0 Å².